The average molecular weight is 355 g/mol. The van der Waals surface area contributed by atoms with Gasteiger partial charge in [0.25, 0.3) is 11.5 Å². The highest BCUT2D eigenvalue weighted by Gasteiger charge is 2.15. The van der Waals surface area contributed by atoms with E-state index in [-0.39, 0.29) is 11.1 Å². The SMILES string of the molecule is O=C(Nc1ccc(N2CCCCC2)nc1)c1cnc2sccn2c1=O. The van der Waals surface area contributed by atoms with Gasteiger partial charge < -0.3 is 10.2 Å². The number of rotatable bonds is 3. The Morgan fingerprint density at radius 1 is 1.12 bits per heavy atom. The monoisotopic (exact) mass is 355 g/mol. The summed E-state index contributed by atoms with van der Waals surface area (Å²) in [6.45, 7) is 2.03. The maximum absolute atomic E-state index is 12.4. The van der Waals surface area contributed by atoms with Crippen LogP contribution in [0.3, 0.4) is 0 Å². The molecule has 1 aliphatic heterocycles. The summed E-state index contributed by atoms with van der Waals surface area (Å²) < 4.78 is 1.37. The minimum Gasteiger partial charge on any atom is -0.357 e. The third-order valence-corrected chi connectivity index (χ3v) is 5.04. The molecule has 0 aromatic carbocycles. The average Bonchev–Trinajstić information content (AvgIpc) is 3.13. The van der Waals surface area contributed by atoms with Crippen molar-refractivity contribution in [1.29, 1.82) is 0 Å². The van der Waals surface area contributed by atoms with Crippen molar-refractivity contribution in [2.75, 3.05) is 23.3 Å². The summed E-state index contributed by atoms with van der Waals surface area (Å²) in [5, 5.41) is 4.47. The number of anilines is 2. The number of amides is 1. The Labute approximate surface area is 148 Å². The van der Waals surface area contributed by atoms with Crippen molar-refractivity contribution in [3.63, 3.8) is 0 Å². The number of thiazole rings is 1. The predicted molar refractivity (Wildman–Crippen MR) is 97.6 cm³/mol. The molecule has 4 heterocycles. The molecule has 1 fully saturated rings. The lowest BCUT2D eigenvalue weighted by molar-refractivity contribution is 0.102. The molecule has 1 aliphatic rings. The van der Waals surface area contributed by atoms with Crippen molar-refractivity contribution in [2.45, 2.75) is 19.3 Å². The van der Waals surface area contributed by atoms with Crippen LogP contribution in [0.5, 0.6) is 0 Å². The highest BCUT2D eigenvalue weighted by molar-refractivity contribution is 7.15. The highest BCUT2D eigenvalue weighted by Crippen LogP contribution is 2.19. The van der Waals surface area contributed by atoms with E-state index in [0.29, 0.717) is 10.6 Å². The van der Waals surface area contributed by atoms with Gasteiger partial charge in [-0.1, -0.05) is 0 Å². The molecular weight excluding hydrogens is 338 g/mol. The van der Waals surface area contributed by atoms with E-state index in [1.54, 1.807) is 17.8 Å². The number of piperidine rings is 1. The van der Waals surface area contributed by atoms with Crippen LogP contribution in [0.4, 0.5) is 11.5 Å². The van der Waals surface area contributed by atoms with Gasteiger partial charge in [0, 0.05) is 30.9 Å². The smallest absolute Gasteiger partial charge is 0.271 e. The number of hydrogen-bond donors (Lipinski definition) is 1. The maximum atomic E-state index is 12.4. The zero-order valence-electron chi connectivity index (χ0n) is 13.5. The van der Waals surface area contributed by atoms with E-state index < -0.39 is 5.91 Å². The first-order valence-corrected chi connectivity index (χ1v) is 9.07. The third-order valence-electron chi connectivity index (χ3n) is 4.27. The Hall–Kier alpha value is -2.74. The van der Waals surface area contributed by atoms with Gasteiger partial charge in [-0.2, -0.15) is 0 Å². The van der Waals surface area contributed by atoms with E-state index in [4.69, 9.17) is 0 Å². The zero-order valence-corrected chi connectivity index (χ0v) is 14.3. The third kappa shape index (κ3) is 3.12. The summed E-state index contributed by atoms with van der Waals surface area (Å²) in [4.78, 5) is 36.1. The van der Waals surface area contributed by atoms with Crippen molar-refractivity contribution in [2.24, 2.45) is 0 Å². The number of nitrogens with zero attached hydrogens (tertiary/aromatic N) is 4. The molecule has 3 aromatic rings. The van der Waals surface area contributed by atoms with E-state index in [1.165, 1.54) is 41.2 Å². The second-order valence-electron chi connectivity index (χ2n) is 5.94. The number of carbonyl (C=O) groups is 1. The van der Waals surface area contributed by atoms with Crippen molar-refractivity contribution in [3.05, 3.63) is 52.0 Å². The zero-order chi connectivity index (χ0) is 17.2. The lowest BCUT2D eigenvalue weighted by Crippen LogP contribution is -2.30. The first-order valence-electron chi connectivity index (χ1n) is 8.19. The summed E-state index contributed by atoms with van der Waals surface area (Å²) in [6.07, 6.45) is 8.18. The van der Waals surface area contributed by atoms with Gasteiger partial charge in [0.05, 0.1) is 11.9 Å². The van der Waals surface area contributed by atoms with E-state index >= 15 is 0 Å². The highest BCUT2D eigenvalue weighted by atomic mass is 32.1. The van der Waals surface area contributed by atoms with Crippen molar-refractivity contribution >= 4 is 33.7 Å². The van der Waals surface area contributed by atoms with Crippen LogP contribution in [-0.2, 0) is 0 Å². The van der Waals surface area contributed by atoms with Crippen LogP contribution >= 0.6 is 11.3 Å². The Kier molecular flexibility index (Phi) is 4.19. The first-order chi connectivity index (χ1) is 12.2. The van der Waals surface area contributed by atoms with E-state index in [9.17, 15) is 9.59 Å². The number of aromatic nitrogens is 3. The molecule has 0 atom stereocenters. The molecule has 0 aliphatic carbocycles. The Balaban J connectivity index is 1.51. The molecule has 1 saturated heterocycles. The number of fused-ring (bicyclic) bond motifs is 1. The molecule has 3 aromatic heterocycles. The fourth-order valence-electron chi connectivity index (χ4n) is 2.95. The standard InChI is InChI=1S/C17H17N5O2S/c23-15(13-11-19-17-22(16(13)24)8-9-25-17)20-12-4-5-14(18-10-12)21-6-2-1-3-7-21/h4-5,8-11H,1-3,6-7H2,(H,20,23). The van der Waals surface area contributed by atoms with Gasteiger partial charge in [0.2, 0.25) is 0 Å². The number of pyridine rings is 1. The summed E-state index contributed by atoms with van der Waals surface area (Å²) in [5.74, 6) is 0.435. The summed E-state index contributed by atoms with van der Waals surface area (Å²) >= 11 is 1.35. The van der Waals surface area contributed by atoms with E-state index in [2.05, 4.69) is 20.2 Å². The van der Waals surface area contributed by atoms with Gasteiger partial charge in [0.1, 0.15) is 11.4 Å². The quantitative estimate of drug-likeness (QED) is 0.780. The largest absolute Gasteiger partial charge is 0.357 e. The van der Waals surface area contributed by atoms with Gasteiger partial charge in [-0.15, -0.1) is 11.3 Å². The van der Waals surface area contributed by atoms with E-state index in [0.717, 1.165) is 18.9 Å². The first kappa shape index (κ1) is 15.8. The number of nitrogens with one attached hydrogen (secondary N) is 1. The summed E-state index contributed by atoms with van der Waals surface area (Å²) in [7, 11) is 0. The Morgan fingerprint density at radius 3 is 2.72 bits per heavy atom. The lowest BCUT2D eigenvalue weighted by Gasteiger charge is -2.27. The van der Waals surface area contributed by atoms with Crippen LogP contribution in [0.25, 0.3) is 4.96 Å². The molecule has 0 saturated carbocycles. The molecule has 0 bridgehead atoms. The number of carbonyl (C=O) groups excluding carboxylic acids is 1. The van der Waals surface area contributed by atoms with Crippen molar-refractivity contribution in [3.8, 4) is 0 Å². The molecule has 4 rings (SSSR count). The molecule has 128 valence electrons. The topological polar surface area (TPSA) is 79.6 Å². The normalized spacial score (nSPS) is 14.6. The van der Waals surface area contributed by atoms with Crippen LogP contribution in [0.2, 0.25) is 0 Å². The second kappa shape index (κ2) is 6.64. The van der Waals surface area contributed by atoms with Gasteiger partial charge >= 0.3 is 0 Å². The van der Waals surface area contributed by atoms with Gasteiger partial charge in [-0.05, 0) is 31.4 Å². The molecule has 1 N–H and O–H groups in total. The van der Waals surface area contributed by atoms with Gasteiger partial charge in [-0.25, -0.2) is 9.97 Å². The molecule has 0 unspecified atom stereocenters. The molecule has 25 heavy (non-hydrogen) atoms. The second-order valence-corrected chi connectivity index (χ2v) is 6.81. The fraction of sp³-hybridized carbons (Fsp3) is 0.294. The van der Waals surface area contributed by atoms with Gasteiger partial charge in [-0.3, -0.25) is 14.0 Å². The maximum Gasteiger partial charge on any atom is 0.271 e. The van der Waals surface area contributed by atoms with Crippen LogP contribution in [0.15, 0.2) is 40.9 Å². The number of hydrogen-bond acceptors (Lipinski definition) is 6. The van der Waals surface area contributed by atoms with Crippen molar-refractivity contribution in [1.82, 2.24) is 14.4 Å². The lowest BCUT2D eigenvalue weighted by atomic mass is 10.1. The molecule has 7 nitrogen and oxygen atoms in total. The van der Waals surface area contributed by atoms with Crippen LogP contribution in [-0.4, -0.2) is 33.4 Å². The molecule has 1 amide bonds. The summed E-state index contributed by atoms with van der Waals surface area (Å²) in [5.41, 5.74) is 0.193. The van der Waals surface area contributed by atoms with Crippen LogP contribution in [0.1, 0.15) is 29.6 Å². The minimum absolute atomic E-state index is 0.0102. The Morgan fingerprint density at radius 2 is 1.96 bits per heavy atom. The van der Waals surface area contributed by atoms with E-state index in [1.807, 2.05) is 12.1 Å². The fourth-order valence-corrected chi connectivity index (χ4v) is 3.62. The van der Waals surface area contributed by atoms with Crippen LogP contribution < -0.4 is 15.8 Å². The Bertz CT molecular complexity index is 957. The molecule has 0 radical (unpaired) electrons. The molecular formula is C17H17N5O2S. The summed E-state index contributed by atoms with van der Waals surface area (Å²) in [6, 6.07) is 3.71. The van der Waals surface area contributed by atoms with Gasteiger partial charge in [0.15, 0.2) is 4.96 Å². The molecule has 0 spiro atoms. The molecule has 8 heteroatoms. The minimum atomic E-state index is -0.481. The van der Waals surface area contributed by atoms with Crippen molar-refractivity contribution < 1.29 is 4.79 Å². The van der Waals surface area contributed by atoms with Crippen LogP contribution in [0, 0.1) is 0 Å². The predicted octanol–water partition coefficient (Wildman–Crippen LogP) is 2.39.